The number of nitrogens with zero attached hydrogens (tertiary/aromatic N) is 2. The molecular weight excluding hydrogens is 390 g/mol. The van der Waals surface area contributed by atoms with Gasteiger partial charge in [-0.05, 0) is 35.9 Å². The molecule has 0 saturated heterocycles. The quantitative estimate of drug-likeness (QED) is 0.543. The van der Waals surface area contributed by atoms with E-state index in [1.165, 1.54) is 0 Å². The van der Waals surface area contributed by atoms with E-state index >= 15 is 0 Å². The molecular formula is C25H23N3O3. The third-order valence-electron chi connectivity index (χ3n) is 5.50. The summed E-state index contributed by atoms with van der Waals surface area (Å²) in [4.78, 5) is 18.1. The molecule has 1 aliphatic rings. The lowest BCUT2D eigenvalue weighted by Crippen LogP contribution is -2.31. The van der Waals surface area contributed by atoms with Crippen molar-refractivity contribution < 1.29 is 14.3 Å². The Bertz CT molecular complexity index is 1230. The molecule has 0 spiro atoms. The zero-order chi connectivity index (χ0) is 21.2. The number of carbonyl (C=O) groups excluding carboxylic acids is 1. The van der Waals surface area contributed by atoms with Crippen molar-refractivity contribution >= 4 is 16.9 Å². The van der Waals surface area contributed by atoms with E-state index in [9.17, 15) is 4.79 Å². The number of imidazole rings is 1. The normalized spacial score (nSPS) is 14.1. The van der Waals surface area contributed by atoms with E-state index in [1.807, 2.05) is 66.2 Å². The fourth-order valence-corrected chi connectivity index (χ4v) is 3.88. The van der Waals surface area contributed by atoms with E-state index in [0.29, 0.717) is 30.3 Å². The minimum Gasteiger partial charge on any atom is -0.490 e. The first-order valence-electron chi connectivity index (χ1n) is 10.4. The van der Waals surface area contributed by atoms with Gasteiger partial charge in [-0.15, -0.1) is 0 Å². The summed E-state index contributed by atoms with van der Waals surface area (Å²) in [6, 6.07) is 22.7. The summed E-state index contributed by atoms with van der Waals surface area (Å²) in [5, 5.41) is 3.17. The first kappa shape index (κ1) is 19.2. The molecule has 0 bridgehead atoms. The fourth-order valence-electron chi connectivity index (χ4n) is 3.88. The maximum Gasteiger partial charge on any atom is 0.252 e. The van der Waals surface area contributed by atoms with Crippen LogP contribution >= 0.6 is 0 Å². The van der Waals surface area contributed by atoms with Crippen molar-refractivity contribution in [3.8, 4) is 11.5 Å². The Labute approximate surface area is 180 Å². The molecule has 1 amide bonds. The molecule has 0 aliphatic carbocycles. The number of hydrogen-bond acceptors (Lipinski definition) is 4. The Morgan fingerprint density at radius 2 is 1.71 bits per heavy atom. The second-order valence-corrected chi connectivity index (χ2v) is 7.55. The van der Waals surface area contributed by atoms with Gasteiger partial charge >= 0.3 is 0 Å². The Hall–Kier alpha value is -3.80. The molecule has 0 saturated carbocycles. The van der Waals surface area contributed by atoms with E-state index in [2.05, 4.69) is 5.32 Å². The van der Waals surface area contributed by atoms with E-state index in [0.717, 1.165) is 28.8 Å². The highest BCUT2D eigenvalue weighted by Crippen LogP contribution is 2.31. The smallest absolute Gasteiger partial charge is 0.252 e. The average Bonchev–Trinajstić information content (AvgIpc) is 2.98. The van der Waals surface area contributed by atoms with Gasteiger partial charge in [0.1, 0.15) is 11.9 Å². The van der Waals surface area contributed by atoms with Gasteiger partial charge in [-0.25, -0.2) is 4.98 Å². The summed E-state index contributed by atoms with van der Waals surface area (Å²) >= 11 is 0. The standard InChI is InChI=1S/C25H23N3O3/c1-28-20-11-6-5-10-19(20)26-24(28)23(17-8-3-2-4-9-17)27-25(29)18-12-13-21-22(16-18)31-15-7-14-30-21/h2-6,8-13,16,23H,7,14-15H2,1H3,(H,27,29). The summed E-state index contributed by atoms with van der Waals surface area (Å²) in [6.45, 7) is 1.19. The summed E-state index contributed by atoms with van der Waals surface area (Å²) in [5.74, 6) is 1.85. The van der Waals surface area contributed by atoms with Gasteiger partial charge in [0.15, 0.2) is 11.5 Å². The molecule has 5 rings (SSSR count). The highest BCUT2D eigenvalue weighted by Gasteiger charge is 2.24. The SMILES string of the molecule is Cn1c(C(NC(=O)c2ccc3c(c2)OCCCO3)c2ccccc2)nc2ccccc21. The molecule has 1 aliphatic heterocycles. The molecule has 6 nitrogen and oxygen atoms in total. The van der Waals surface area contributed by atoms with Crippen molar-refractivity contribution in [2.75, 3.05) is 13.2 Å². The number of benzene rings is 3. The van der Waals surface area contributed by atoms with Crippen LogP contribution in [0.15, 0.2) is 72.8 Å². The summed E-state index contributed by atoms with van der Waals surface area (Å²) in [6.07, 6.45) is 0.818. The lowest BCUT2D eigenvalue weighted by Gasteiger charge is -2.20. The number of ether oxygens (including phenoxy) is 2. The summed E-state index contributed by atoms with van der Waals surface area (Å²) in [7, 11) is 1.97. The van der Waals surface area contributed by atoms with Crippen molar-refractivity contribution in [1.29, 1.82) is 0 Å². The molecule has 0 fully saturated rings. The molecule has 156 valence electrons. The first-order valence-corrected chi connectivity index (χ1v) is 10.4. The van der Waals surface area contributed by atoms with Crippen molar-refractivity contribution in [1.82, 2.24) is 14.9 Å². The molecule has 1 N–H and O–H groups in total. The van der Waals surface area contributed by atoms with Crippen LogP contribution in [-0.4, -0.2) is 28.7 Å². The second-order valence-electron chi connectivity index (χ2n) is 7.55. The molecule has 31 heavy (non-hydrogen) atoms. The van der Waals surface area contributed by atoms with Crippen LogP contribution in [0.2, 0.25) is 0 Å². The number of carbonyl (C=O) groups is 1. The second kappa shape index (κ2) is 8.14. The average molecular weight is 413 g/mol. The predicted molar refractivity (Wildman–Crippen MR) is 119 cm³/mol. The van der Waals surface area contributed by atoms with Gasteiger partial charge in [-0.3, -0.25) is 4.79 Å². The number of aromatic nitrogens is 2. The monoisotopic (exact) mass is 413 g/mol. The Kier molecular flexibility index (Phi) is 5.04. The highest BCUT2D eigenvalue weighted by atomic mass is 16.5. The minimum absolute atomic E-state index is 0.198. The third kappa shape index (κ3) is 3.72. The van der Waals surface area contributed by atoms with E-state index in [-0.39, 0.29) is 5.91 Å². The number of para-hydroxylation sites is 2. The molecule has 1 atom stereocenters. The summed E-state index contributed by atoms with van der Waals surface area (Å²) < 4.78 is 13.5. The van der Waals surface area contributed by atoms with Crippen molar-refractivity contribution in [3.63, 3.8) is 0 Å². The fraction of sp³-hybridized carbons (Fsp3) is 0.200. The highest BCUT2D eigenvalue weighted by molar-refractivity contribution is 5.95. The zero-order valence-corrected chi connectivity index (χ0v) is 17.2. The van der Waals surface area contributed by atoms with Gasteiger partial charge in [-0.1, -0.05) is 42.5 Å². The molecule has 4 aromatic rings. The Morgan fingerprint density at radius 3 is 2.52 bits per heavy atom. The molecule has 3 aromatic carbocycles. The largest absolute Gasteiger partial charge is 0.490 e. The Balaban J connectivity index is 1.51. The number of amides is 1. The number of aryl methyl sites for hydroxylation is 1. The van der Waals surface area contributed by atoms with Gasteiger partial charge < -0.3 is 19.4 Å². The van der Waals surface area contributed by atoms with Crippen LogP contribution in [0, 0.1) is 0 Å². The van der Waals surface area contributed by atoms with Crippen LogP contribution in [0.1, 0.15) is 34.2 Å². The van der Waals surface area contributed by atoms with E-state index in [4.69, 9.17) is 14.5 Å². The first-order chi connectivity index (χ1) is 15.2. The number of hydrogen-bond donors (Lipinski definition) is 1. The number of rotatable bonds is 4. The van der Waals surface area contributed by atoms with Crippen LogP contribution in [0.5, 0.6) is 11.5 Å². The minimum atomic E-state index is -0.401. The van der Waals surface area contributed by atoms with E-state index < -0.39 is 6.04 Å². The molecule has 2 heterocycles. The molecule has 1 aromatic heterocycles. The van der Waals surface area contributed by atoms with Crippen LogP contribution < -0.4 is 14.8 Å². The van der Waals surface area contributed by atoms with Crippen molar-refractivity contribution in [2.45, 2.75) is 12.5 Å². The van der Waals surface area contributed by atoms with Gasteiger partial charge in [0.2, 0.25) is 0 Å². The van der Waals surface area contributed by atoms with Crippen LogP contribution in [0.4, 0.5) is 0 Å². The number of fused-ring (bicyclic) bond motifs is 2. The maximum atomic E-state index is 13.3. The number of nitrogens with one attached hydrogen (secondary N) is 1. The molecule has 0 radical (unpaired) electrons. The van der Waals surface area contributed by atoms with Crippen molar-refractivity contribution in [2.24, 2.45) is 7.05 Å². The zero-order valence-electron chi connectivity index (χ0n) is 17.2. The van der Waals surface area contributed by atoms with Crippen LogP contribution in [-0.2, 0) is 7.05 Å². The van der Waals surface area contributed by atoms with Crippen molar-refractivity contribution in [3.05, 3.63) is 89.7 Å². The van der Waals surface area contributed by atoms with Gasteiger partial charge in [0.05, 0.1) is 24.2 Å². The lowest BCUT2D eigenvalue weighted by molar-refractivity contribution is 0.0940. The Morgan fingerprint density at radius 1 is 0.968 bits per heavy atom. The molecule has 1 unspecified atom stereocenters. The lowest BCUT2D eigenvalue weighted by atomic mass is 10.1. The third-order valence-corrected chi connectivity index (χ3v) is 5.50. The van der Waals surface area contributed by atoms with Crippen LogP contribution in [0.3, 0.4) is 0 Å². The topological polar surface area (TPSA) is 65.4 Å². The molecule has 6 heteroatoms. The van der Waals surface area contributed by atoms with E-state index in [1.54, 1.807) is 18.2 Å². The summed E-state index contributed by atoms with van der Waals surface area (Å²) in [5.41, 5.74) is 3.39. The van der Waals surface area contributed by atoms with Gasteiger partial charge in [0, 0.05) is 19.0 Å². The van der Waals surface area contributed by atoms with Crippen LogP contribution in [0.25, 0.3) is 11.0 Å². The van der Waals surface area contributed by atoms with Gasteiger partial charge in [0.25, 0.3) is 5.91 Å². The maximum absolute atomic E-state index is 13.3. The van der Waals surface area contributed by atoms with Gasteiger partial charge in [-0.2, -0.15) is 0 Å². The predicted octanol–water partition coefficient (Wildman–Crippen LogP) is 4.25.